The molecule has 0 aliphatic heterocycles. The summed E-state index contributed by atoms with van der Waals surface area (Å²) in [4.78, 5) is 11.2. The Hall–Kier alpha value is -0.910. The van der Waals surface area contributed by atoms with Gasteiger partial charge >= 0.3 is 0 Å². The minimum absolute atomic E-state index is 0.0356. The van der Waals surface area contributed by atoms with E-state index in [9.17, 15) is 4.39 Å². The van der Waals surface area contributed by atoms with Gasteiger partial charge in [-0.1, -0.05) is 23.2 Å². The zero-order valence-electron chi connectivity index (χ0n) is 8.47. The lowest BCUT2D eigenvalue weighted by Crippen LogP contribution is -2.01. The van der Waals surface area contributed by atoms with Gasteiger partial charge in [-0.15, -0.1) is 0 Å². The van der Waals surface area contributed by atoms with Crippen molar-refractivity contribution in [2.45, 2.75) is 6.92 Å². The molecule has 8 heteroatoms. The number of pyridine rings is 1. The Balaban J connectivity index is 2.88. The summed E-state index contributed by atoms with van der Waals surface area (Å²) in [6, 6.07) is 0. The molecule has 0 aliphatic carbocycles. The number of halogens is 4. The summed E-state index contributed by atoms with van der Waals surface area (Å²) in [7, 11) is 0. The van der Waals surface area contributed by atoms with Crippen LogP contribution in [0.1, 0.15) is 6.92 Å². The highest BCUT2D eigenvalue weighted by Gasteiger charge is 2.19. The second kappa shape index (κ2) is 4.76. The van der Waals surface area contributed by atoms with E-state index in [2.05, 4.69) is 15.0 Å². The average molecular weight is 297 g/mol. The van der Waals surface area contributed by atoms with Crippen LogP contribution in [0.2, 0.25) is 15.6 Å². The van der Waals surface area contributed by atoms with Crippen LogP contribution < -0.4 is 4.74 Å². The smallest absolute Gasteiger partial charge is 0.227 e. The van der Waals surface area contributed by atoms with Crippen molar-refractivity contribution in [1.29, 1.82) is 0 Å². The third-order valence-corrected chi connectivity index (χ3v) is 2.61. The van der Waals surface area contributed by atoms with Crippen LogP contribution in [0.25, 0.3) is 10.9 Å². The standard InChI is InChI=1S/C9H5Cl3FN3O/c1-2-17-8-3-5(4(13)7(11)15-8)14-9(12)16-6(3)10/h2H2,1H3. The van der Waals surface area contributed by atoms with Crippen molar-refractivity contribution >= 4 is 45.7 Å². The van der Waals surface area contributed by atoms with E-state index in [1.54, 1.807) is 6.92 Å². The zero-order chi connectivity index (χ0) is 12.6. The number of ether oxygens (including phenoxy) is 1. The molecule has 0 amide bonds. The molecule has 0 saturated carbocycles. The van der Waals surface area contributed by atoms with Gasteiger partial charge in [0.05, 0.1) is 6.61 Å². The quantitative estimate of drug-likeness (QED) is 0.483. The van der Waals surface area contributed by atoms with Crippen molar-refractivity contribution in [3.63, 3.8) is 0 Å². The molecular weight excluding hydrogens is 291 g/mol. The van der Waals surface area contributed by atoms with Gasteiger partial charge in [-0.3, -0.25) is 0 Å². The van der Waals surface area contributed by atoms with Gasteiger partial charge in [0, 0.05) is 0 Å². The first kappa shape index (κ1) is 12.5. The molecule has 0 spiro atoms. The van der Waals surface area contributed by atoms with Crippen molar-refractivity contribution in [3.05, 3.63) is 21.4 Å². The molecule has 2 rings (SSSR count). The first-order chi connectivity index (χ1) is 8.04. The molecule has 0 unspecified atom stereocenters. The Morgan fingerprint density at radius 1 is 1.12 bits per heavy atom. The van der Waals surface area contributed by atoms with E-state index in [0.29, 0.717) is 6.61 Å². The largest absolute Gasteiger partial charge is 0.477 e. The van der Waals surface area contributed by atoms with E-state index in [1.807, 2.05) is 0 Å². The Bertz CT molecular complexity index is 593. The molecule has 0 N–H and O–H groups in total. The van der Waals surface area contributed by atoms with Crippen LogP contribution in [0.5, 0.6) is 5.88 Å². The van der Waals surface area contributed by atoms with Crippen LogP contribution in [0.4, 0.5) is 4.39 Å². The normalized spacial score (nSPS) is 10.9. The molecule has 0 radical (unpaired) electrons. The summed E-state index contributed by atoms with van der Waals surface area (Å²) in [5.41, 5.74) is -0.113. The Morgan fingerprint density at radius 2 is 1.82 bits per heavy atom. The topological polar surface area (TPSA) is 47.9 Å². The lowest BCUT2D eigenvalue weighted by molar-refractivity contribution is 0.330. The van der Waals surface area contributed by atoms with Crippen LogP contribution in [0.3, 0.4) is 0 Å². The number of aromatic nitrogens is 3. The highest BCUT2D eigenvalue weighted by molar-refractivity contribution is 6.36. The second-order valence-electron chi connectivity index (χ2n) is 2.96. The fraction of sp³-hybridized carbons (Fsp3) is 0.222. The van der Waals surface area contributed by atoms with Crippen LogP contribution in [-0.2, 0) is 0 Å². The fourth-order valence-electron chi connectivity index (χ4n) is 1.29. The Labute approximate surface area is 111 Å². The van der Waals surface area contributed by atoms with Gasteiger partial charge in [0.2, 0.25) is 11.2 Å². The van der Waals surface area contributed by atoms with Crippen molar-refractivity contribution in [1.82, 2.24) is 15.0 Å². The minimum atomic E-state index is -0.809. The number of fused-ring (bicyclic) bond motifs is 1. The number of hydrogen-bond acceptors (Lipinski definition) is 4. The first-order valence-corrected chi connectivity index (χ1v) is 5.68. The van der Waals surface area contributed by atoms with E-state index in [1.165, 1.54) is 0 Å². The lowest BCUT2D eigenvalue weighted by atomic mass is 10.3. The molecule has 0 atom stereocenters. The summed E-state index contributed by atoms with van der Waals surface area (Å²) < 4.78 is 18.9. The number of nitrogens with zero attached hydrogens (tertiary/aromatic N) is 3. The van der Waals surface area contributed by atoms with Gasteiger partial charge in [-0.2, -0.15) is 4.98 Å². The number of hydrogen-bond donors (Lipinski definition) is 0. The van der Waals surface area contributed by atoms with Crippen LogP contribution in [0.15, 0.2) is 0 Å². The maximum atomic E-state index is 13.7. The molecule has 0 bridgehead atoms. The third-order valence-electron chi connectivity index (χ3n) is 1.92. The molecule has 0 fully saturated rings. The Kier molecular flexibility index (Phi) is 3.51. The zero-order valence-corrected chi connectivity index (χ0v) is 10.7. The van der Waals surface area contributed by atoms with Gasteiger partial charge in [0.25, 0.3) is 0 Å². The monoisotopic (exact) mass is 295 g/mol. The molecule has 90 valence electrons. The van der Waals surface area contributed by atoms with E-state index < -0.39 is 5.82 Å². The van der Waals surface area contributed by atoms with Gasteiger partial charge in [-0.05, 0) is 18.5 Å². The maximum Gasteiger partial charge on any atom is 0.227 e. The van der Waals surface area contributed by atoms with E-state index in [-0.39, 0.29) is 32.4 Å². The molecular formula is C9H5Cl3FN3O. The van der Waals surface area contributed by atoms with Crippen molar-refractivity contribution < 1.29 is 9.13 Å². The predicted octanol–water partition coefficient (Wildman–Crippen LogP) is 3.52. The van der Waals surface area contributed by atoms with E-state index in [4.69, 9.17) is 39.5 Å². The van der Waals surface area contributed by atoms with E-state index >= 15 is 0 Å². The minimum Gasteiger partial charge on any atom is -0.477 e. The summed E-state index contributed by atoms with van der Waals surface area (Å²) in [5.74, 6) is -0.730. The van der Waals surface area contributed by atoms with Crippen LogP contribution >= 0.6 is 34.8 Å². The first-order valence-electron chi connectivity index (χ1n) is 4.55. The molecule has 0 aliphatic rings. The molecule has 4 nitrogen and oxygen atoms in total. The van der Waals surface area contributed by atoms with Crippen molar-refractivity contribution in [2.75, 3.05) is 6.61 Å². The summed E-state index contributed by atoms with van der Waals surface area (Å²) in [6.45, 7) is 2.07. The molecule has 2 aromatic heterocycles. The van der Waals surface area contributed by atoms with Crippen LogP contribution in [-0.4, -0.2) is 21.6 Å². The SMILES string of the molecule is CCOc1nc(Cl)c(F)c2nc(Cl)nc(Cl)c12. The number of rotatable bonds is 2. The van der Waals surface area contributed by atoms with Crippen LogP contribution in [0, 0.1) is 5.82 Å². The molecule has 2 aromatic rings. The highest BCUT2D eigenvalue weighted by atomic mass is 35.5. The van der Waals surface area contributed by atoms with Gasteiger partial charge in [0.1, 0.15) is 16.1 Å². The molecule has 0 aromatic carbocycles. The Morgan fingerprint density at radius 3 is 2.47 bits per heavy atom. The van der Waals surface area contributed by atoms with Gasteiger partial charge in [-0.25, -0.2) is 14.4 Å². The van der Waals surface area contributed by atoms with Gasteiger partial charge in [0.15, 0.2) is 11.0 Å². The third kappa shape index (κ3) is 2.22. The fourth-order valence-corrected chi connectivity index (χ4v) is 1.92. The van der Waals surface area contributed by atoms with Crippen molar-refractivity contribution in [2.24, 2.45) is 0 Å². The molecule has 0 saturated heterocycles. The molecule has 17 heavy (non-hydrogen) atoms. The summed E-state index contributed by atoms with van der Waals surface area (Å²) in [5, 5.41) is -0.413. The second-order valence-corrected chi connectivity index (χ2v) is 4.02. The van der Waals surface area contributed by atoms with E-state index in [0.717, 1.165) is 0 Å². The molecule has 2 heterocycles. The maximum absolute atomic E-state index is 13.7. The highest BCUT2D eigenvalue weighted by Crippen LogP contribution is 2.33. The predicted molar refractivity (Wildman–Crippen MR) is 63.5 cm³/mol. The lowest BCUT2D eigenvalue weighted by Gasteiger charge is -2.08. The van der Waals surface area contributed by atoms with Crippen molar-refractivity contribution in [3.8, 4) is 5.88 Å². The summed E-state index contributed by atoms with van der Waals surface area (Å²) in [6.07, 6.45) is 0. The summed E-state index contributed by atoms with van der Waals surface area (Å²) >= 11 is 17.1. The average Bonchev–Trinajstić information content (AvgIpc) is 2.25. The van der Waals surface area contributed by atoms with Gasteiger partial charge < -0.3 is 4.74 Å².